The predicted molar refractivity (Wildman–Crippen MR) is 326 cm³/mol. The highest BCUT2D eigenvalue weighted by atomic mass is 16.5. The van der Waals surface area contributed by atoms with E-state index in [1.807, 2.05) is 48.5 Å². The Hall–Kier alpha value is -8.96. The van der Waals surface area contributed by atoms with E-state index in [1.165, 1.54) is 72.9 Å². The summed E-state index contributed by atoms with van der Waals surface area (Å²) in [6.45, 7) is 2.26. The molecular formula is C68H75N5O12. The summed E-state index contributed by atoms with van der Waals surface area (Å²) in [6, 6.07) is 34.7. The molecule has 2 atom stereocenters. The molecule has 8 aromatic rings. The van der Waals surface area contributed by atoms with Crippen LogP contribution in [0, 0.1) is 0 Å². The van der Waals surface area contributed by atoms with Crippen LogP contribution in [0.3, 0.4) is 0 Å². The number of aromatic nitrogens is 2. The minimum atomic E-state index is -1.12. The number of amides is 3. The van der Waals surface area contributed by atoms with Gasteiger partial charge < -0.3 is 64.5 Å². The lowest BCUT2D eigenvalue weighted by molar-refractivity contribution is -0.139. The molecule has 17 nitrogen and oxygen atoms in total. The van der Waals surface area contributed by atoms with E-state index >= 15 is 0 Å². The lowest BCUT2D eigenvalue weighted by atomic mass is 9.81. The average Bonchev–Trinajstić information content (AvgIpc) is 2.38. The quantitative estimate of drug-likeness (QED) is 0.0539. The zero-order valence-corrected chi connectivity index (χ0v) is 48.6. The number of aliphatic hydroxyl groups excluding tert-OH is 1. The Morgan fingerprint density at radius 2 is 0.965 bits per heavy atom. The van der Waals surface area contributed by atoms with Crippen LogP contribution in [0.4, 0.5) is 0 Å². The minimum Gasteiger partial charge on any atom is -0.508 e. The molecule has 2 aliphatic heterocycles. The fourth-order valence-corrected chi connectivity index (χ4v) is 12.9. The van der Waals surface area contributed by atoms with Crippen molar-refractivity contribution >= 4 is 45.5 Å². The number of benzene rings is 6. The molecule has 0 spiro atoms. The summed E-state index contributed by atoms with van der Waals surface area (Å²) in [7, 11) is 5.87. The molecule has 4 aliphatic rings. The molecule has 7 N–H and O–H groups in total. The van der Waals surface area contributed by atoms with Gasteiger partial charge in [0.05, 0.1) is 38.7 Å². The van der Waals surface area contributed by atoms with Crippen molar-refractivity contribution in [3.8, 4) is 57.0 Å². The predicted octanol–water partition coefficient (Wildman–Crippen LogP) is 11.0. The molecule has 4 heterocycles. The topological polar surface area (TPSA) is 232 Å². The Labute approximate surface area is 494 Å². The molecule has 0 unspecified atom stereocenters. The second-order valence-electron chi connectivity index (χ2n) is 22.1. The number of nitrogens with one attached hydrogen (secondary N) is 3. The molecule has 2 aliphatic carbocycles. The molecular weight excluding hydrogens is 1080 g/mol. The highest BCUT2D eigenvalue weighted by molar-refractivity contribution is 6.04. The molecule has 3 amide bonds. The number of carboxylic acids is 1. The van der Waals surface area contributed by atoms with Crippen LogP contribution in [0.1, 0.15) is 119 Å². The van der Waals surface area contributed by atoms with Crippen LogP contribution in [0.2, 0.25) is 0 Å². The third kappa shape index (κ3) is 12.8. The minimum absolute atomic E-state index is 0.101. The number of hydrogen-bond acceptors (Lipinski definition) is 11. The second kappa shape index (κ2) is 26.7. The third-order valence-corrected chi connectivity index (χ3v) is 17.0. The molecule has 444 valence electrons. The van der Waals surface area contributed by atoms with E-state index in [-0.39, 0.29) is 29.7 Å². The van der Waals surface area contributed by atoms with Crippen molar-refractivity contribution in [2.45, 2.75) is 114 Å². The van der Waals surface area contributed by atoms with Crippen molar-refractivity contribution in [1.29, 1.82) is 0 Å². The largest absolute Gasteiger partial charge is 0.508 e. The van der Waals surface area contributed by atoms with E-state index in [0.29, 0.717) is 61.3 Å². The van der Waals surface area contributed by atoms with Crippen molar-refractivity contribution < 1.29 is 58.6 Å². The molecule has 6 aromatic carbocycles. The first-order valence-electron chi connectivity index (χ1n) is 29.4. The number of methoxy groups -OCH3 is 2. The first-order chi connectivity index (χ1) is 41.4. The van der Waals surface area contributed by atoms with Crippen LogP contribution >= 0.6 is 0 Å². The molecule has 85 heavy (non-hydrogen) atoms. The van der Waals surface area contributed by atoms with Gasteiger partial charge in [-0.3, -0.25) is 14.4 Å². The lowest BCUT2D eigenvalue weighted by Crippen LogP contribution is -2.47. The van der Waals surface area contributed by atoms with Gasteiger partial charge in [-0.2, -0.15) is 0 Å². The number of fused-ring (bicyclic) bond motifs is 10. The van der Waals surface area contributed by atoms with Gasteiger partial charge in [-0.05, 0) is 133 Å². The monoisotopic (exact) mass is 1150 g/mol. The van der Waals surface area contributed by atoms with E-state index in [0.717, 1.165) is 94.6 Å². The number of carbonyl (C=O) groups excluding carboxylic acids is 3. The van der Waals surface area contributed by atoms with E-state index in [1.54, 1.807) is 63.7 Å². The van der Waals surface area contributed by atoms with E-state index in [9.17, 15) is 34.5 Å². The zero-order chi connectivity index (χ0) is 59.7. The number of nitrogens with zero attached hydrogens (tertiary/aromatic N) is 2. The molecule has 0 radical (unpaired) electrons. The smallest absolute Gasteiger partial charge is 0.326 e. The fraction of sp³-hybridized carbons (Fsp3) is 0.353. The summed E-state index contributed by atoms with van der Waals surface area (Å²) in [5, 5.41) is 46.6. The van der Waals surface area contributed by atoms with Crippen LogP contribution < -0.4 is 34.9 Å². The standard InChI is InChI=1S/C34H37N3O5.C33H34N2O6.CH4O/c1-35-34(40)28(18-21-8-11-24(38)12-9-21)36-33(39)23-10-14-26-29(19-23)37-16-17-42-30-20-25(41-2)13-15-27(30)32(37)31(26)22-6-4-3-5-7-22;1-40-24-12-14-26-29(19-24)41-16-15-35-28-18-22(9-13-25(28)30(31(26)35)21-5-3-2-4-6-21)32(37)34-27(33(38)39)17-20-7-10-23(36)11-8-20;1-2/h8-15,19-20,22,28,38H,3-7,16-18H2,1-2H3,(H,35,40)(H,36,39);7-14,18-19,21,27,36H,2-6,15-17H2,1H3,(H,34,37)(H,38,39);2H,1H3/t28-;27-;/m00./s1. The molecule has 12 rings (SSSR count). The molecule has 0 saturated heterocycles. The Bertz CT molecular complexity index is 3710. The number of aliphatic carboxylic acids is 1. The Morgan fingerprint density at radius 3 is 1.36 bits per heavy atom. The number of rotatable bonds is 14. The van der Waals surface area contributed by atoms with Crippen LogP contribution in [0.5, 0.6) is 34.5 Å². The van der Waals surface area contributed by atoms with Crippen LogP contribution in [-0.4, -0.2) is 107 Å². The summed E-state index contributed by atoms with van der Waals surface area (Å²) in [5.74, 6) is 2.06. The molecule has 0 bridgehead atoms. The van der Waals surface area contributed by atoms with Crippen molar-refractivity contribution in [1.82, 2.24) is 25.1 Å². The SMILES string of the molecule is CNC(=O)[C@H](Cc1ccc(O)cc1)NC(=O)c1ccc2c(C3CCCCC3)c3n(c2c1)CCOc1cc(OC)ccc1-3.CO.COc1ccc2c(c1)OCCn1c-2c(C2CCCCC2)c2ccc(C(=O)N[C@@H](Cc3ccc(O)cc3)C(=O)O)cc21. The Morgan fingerprint density at radius 1 is 0.553 bits per heavy atom. The van der Waals surface area contributed by atoms with Gasteiger partial charge in [0, 0.05) is 83.2 Å². The number of ether oxygens (including phenoxy) is 4. The van der Waals surface area contributed by atoms with Crippen molar-refractivity contribution in [3.05, 3.63) is 155 Å². The van der Waals surface area contributed by atoms with Crippen LogP contribution in [0.25, 0.3) is 44.3 Å². The summed E-state index contributed by atoms with van der Waals surface area (Å²) >= 11 is 0. The summed E-state index contributed by atoms with van der Waals surface area (Å²) in [6.07, 6.45) is 12.3. The zero-order valence-electron chi connectivity index (χ0n) is 48.6. The van der Waals surface area contributed by atoms with Gasteiger partial charge in [-0.1, -0.05) is 74.9 Å². The summed E-state index contributed by atoms with van der Waals surface area (Å²) < 4.78 is 27.9. The van der Waals surface area contributed by atoms with Gasteiger partial charge in [-0.15, -0.1) is 0 Å². The number of aliphatic hydroxyl groups is 1. The van der Waals surface area contributed by atoms with Crippen LogP contribution in [-0.2, 0) is 35.5 Å². The normalized spacial score (nSPS) is 15.4. The summed E-state index contributed by atoms with van der Waals surface area (Å²) in [5.41, 5.74) is 11.4. The maximum atomic E-state index is 13.6. The molecule has 2 fully saturated rings. The lowest BCUT2D eigenvalue weighted by Gasteiger charge is -2.23. The van der Waals surface area contributed by atoms with Gasteiger partial charge in [-0.25, -0.2) is 4.79 Å². The number of phenols is 2. The number of hydrogen-bond donors (Lipinski definition) is 7. The summed E-state index contributed by atoms with van der Waals surface area (Å²) in [4.78, 5) is 51.8. The third-order valence-electron chi connectivity index (χ3n) is 17.0. The van der Waals surface area contributed by atoms with Crippen molar-refractivity contribution in [2.75, 3.05) is 41.6 Å². The number of carbonyl (C=O) groups is 4. The maximum absolute atomic E-state index is 13.6. The second-order valence-corrected chi connectivity index (χ2v) is 22.1. The molecule has 2 saturated carbocycles. The van der Waals surface area contributed by atoms with Gasteiger partial charge in [0.15, 0.2) is 0 Å². The number of phenolic OH excluding ortho intramolecular Hbond substituents is 2. The van der Waals surface area contributed by atoms with Gasteiger partial charge in [0.2, 0.25) is 5.91 Å². The highest BCUT2D eigenvalue weighted by Crippen LogP contribution is 2.50. The Balaban J connectivity index is 0.000000184. The number of carboxylic acid groups (broad SMARTS) is 1. The fourth-order valence-electron chi connectivity index (χ4n) is 12.9. The van der Waals surface area contributed by atoms with Gasteiger partial charge >= 0.3 is 5.97 Å². The first-order valence-corrected chi connectivity index (χ1v) is 29.4. The maximum Gasteiger partial charge on any atom is 0.326 e. The van der Waals surface area contributed by atoms with Gasteiger partial charge in [0.25, 0.3) is 11.8 Å². The van der Waals surface area contributed by atoms with Crippen molar-refractivity contribution in [2.24, 2.45) is 0 Å². The Kier molecular flexibility index (Phi) is 18.6. The highest BCUT2D eigenvalue weighted by Gasteiger charge is 2.33. The van der Waals surface area contributed by atoms with E-state index in [2.05, 4.69) is 43.3 Å². The van der Waals surface area contributed by atoms with E-state index < -0.39 is 24.0 Å². The first kappa shape index (κ1) is 59.2. The average molecular weight is 1150 g/mol. The van der Waals surface area contributed by atoms with Crippen LogP contribution in [0.15, 0.2) is 121 Å². The number of likely N-dealkylation sites (N-methyl/N-ethyl adjacent to an activating group) is 1. The molecule has 2 aromatic heterocycles. The van der Waals surface area contributed by atoms with Gasteiger partial charge in [0.1, 0.15) is 59.8 Å². The molecule has 17 heteroatoms. The van der Waals surface area contributed by atoms with E-state index in [4.69, 9.17) is 24.1 Å². The van der Waals surface area contributed by atoms with Crippen molar-refractivity contribution in [3.63, 3.8) is 0 Å². The number of aromatic hydroxyl groups is 2.